The smallest absolute Gasteiger partial charge is 0.380 e. The van der Waals surface area contributed by atoms with Gasteiger partial charge in [-0.1, -0.05) is 0 Å². The van der Waals surface area contributed by atoms with Gasteiger partial charge in [0, 0.05) is 32.7 Å². The van der Waals surface area contributed by atoms with Gasteiger partial charge in [-0.3, -0.25) is 38.9 Å². The zero-order valence-corrected chi connectivity index (χ0v) is 45.1. The van der Waals surface area contributed by atoms with Gasteiger partial charge in [-0.25, -0.2) is 19.2 Å². The number of hydrogen-bond acceptors (Lipinski definition) is 25. The van der Waals surface area contributed by atoms with Gasteiger partial charge in [0.2, 0.25) is 0 Å². The first-order chi connectivity index (χ1) is 35.2. The van der Waals surface area contributed by atoms with Crippen molar-refractivity contribution >= 4 is 23.9 Å². The molecule has 0 heterocycles. The number of hydrogen-bond donors (Lipinski definition) is 11. The highest BCUT2D eigenvalue weighted by Crippen LogP contribution is 2.15. The van der Waals surface area contributed by atoms with E-state index in [1.807, 2.05) is 9.80 Å². The standard InChI is InChI=1S/C45H98N10O19/c1-46(2)8-15-52(19-30-59,20-31-60)71-42(67)38-50(39-43(68)72-53(21-32-61,22-33-62)16-9-47(3)4)6-7-51(40-44(69)73-54(23-34-63,24-35-64)17-10-48(5)12-27-56)41-45(70)74-55(25-36-65,26-37-66)18-11-49(13-28-57)14-29-58/h56-66H,6-41H2,1-5H3/q+4. The normalized spacial score (nSPS) is 12.8. The number of nitrogens with zero attached hydrogens (tertiary/aromatic N) is 10. The van der Waals surface area contributed by atoms with Crippen molar-refractivity contribution < 1.29 is 113 Å². The van der Waals surface area contributed by atoms with Gasteiger partial charge in [0.25, 0.3) is 0 Å². The molecule has 0 aliphatic carbocycles. The SMILES string of the molecule is CN(C)CC[N+](CCO)(CCO)OC(=O)CN(CCN(CC(=O)O[N+](CCO)(CCO)CCN(C)CCO)CC(=O)O[N+](CCO)(CCO)CCN(CCO)CCO)CC(=O)O[N+](CCO)(CCO)CCN(C)C. The third kappa shape index (κ3) is 30.1. The van der Waals surface area contributed by atoms with Crippen LogP contribution in [0.5, 0.6) is 0 Å². The van der Waals surface area contributed by atoms with Crippen LogP contribution in [-0.4, -0.2) is 400 Å². The van der Waals surface area contributed by atoms with Crippen LogP contribution in [0.4, 0.5) is 0 Å². The maximum absolute atomic E-state index is 14.2. The van der Waals surface area contributed by atoms with Crippen molar-refractivity contribution in [1.29, 1.82) is 0 Å². The Balaban J connectivity index is 7.51. The summed E-state index contributed by atoms with van der Waals surface area (Å²) >= 11 is 0. The van der Waals surface area contributed by atoms with Gasteiger partial charge >= 0.3 is 23.9 Å². The molecule has 0 aliphatic heterocycles. The van der Waals surface area contributed by atoms with Gasteiger partial charge in [-0.15, -0.1) is 18.6 Å². The van der Waals surface area contributed by atoms with Gasteiger partial charge in [-0.05, 0) is 35.2 Å². The van der Waals surface area contributed by atoms with Crippen LogP contribution in [0.3, 0.4) is 0 Å². The molecular formula is C45H98N10O19+4. The van der Waals surface area contributed by atoms with Crippen LogP contribution in [0.25, 0.3) is 0 Å². The monoisotopic (exact) mass is 1080 g/mol. The van der Waals surface area contributed by atoms with E-state index >= 15 is 0 Å². The van der Waals surface area contributed by atoms with E-state index in [1.54, 1.807) is 45.0 Å². The molecule has 0 bridgehead atoms. The lowest BCUT2D eigenvalue weighted by atomic mass is 10.3. The number of carbonyl (C=O) groups excluding carboxylic acids is 4. The van der Waals surface area contributed by atoms with Crippen LogP contribution >= 0.6 is 0 Å². The summed E-state index contributed by atoms with van der Waals surface area (Å²) in [6.45, 7) is -5.81. The Morgan fingerprint density at radius 2 is 0.527 bits per heavy atom. The zero-order valence-electron chi connectivity index (χ0n) is 45.1. The van der Waals surface area contributed by atoms with E-state index in [-0.39, 0.29) is 144 Å². The first-order valence-electron chi connectivity index (χ1n) is 25.4. The molecule has 11 N–H and O–H groups in total. The van der Waals surface area contributed by atoms with E-state index in [0.29, 0.717) is 13.1 Å². The number of aliphatic hydroxyl groups excluding tert-OH is 11. The van der Waals surface area contributed by atoms with Gasteiger partial charge in [0.05, 0.1) is 98.9 Å². The van der Waals surface area contributed by atoms with E-state index in [1.165, 1.54) is 9.80 Å². The molecular weight excluding hydrogens is 985 g/mol. The lowest BCUT2D eigenvalue weighted by Gasteiger charge is -2.37. The fourth-order valence-electron chi connectivity index (χ4n) is 8.11. The number of hydroxylamine groups is 12. The molecule has 0 fully saturated rings. The Bertz CT molecular complexity index is 1420. The highest BCUT2D eigenvalue weighted by molar-refractivity contribution is 5.75. The predicted octanol–water partition coefficient (Wildman–Crippen LogP) is -9.04. The molecule has 0 aliphatic rings. The van der Waals surface area contributed by atoms with Crippen molar-refractivity contribution in [2.45, 2.75) is 0 Å². The second-order valence-corrected chi connectivity index (χ2v) is 18.9. The van der Waals surface area contributed by atoms with Crippen molar-refractivity contribution in [3.8, 4) is 0 Å². The van der Waals surface area contributed by atoms with Crippen molar-refractivity contribution in [1.82, 2.24) is 29.4 Å². The first kappa shape index (κ1) is 71.0. The Hall–Kier alpha value is -2.96. The van der Waals surface area contributed by atoms with Gasteiger partial charge in [-0.2, -0.15) is 0 Å². The number of carbonyl (C=O) groups is 4. The number of likely N-dealkylation sites (N-methyl/N-ethyl adjacent to an activating group) is 3. The van der Waals surface area contributed by atoms with E-state index in [9.17, 15) is 75.3 Å². The molecule has 74 heavy (non-hydrogen) atoms. The molecule has 0 atom stereocenters. The van der Waals surface area contributed by atoms with Gasteiger partial charge in [0.1, 0.15) is 105 Å². The average molecular weight is 1080 g/mol. The highest BCUT2D eigenvalue weighted by Gasteiger charge is 2.39. The molecule has 0 aromatic rings. The molecule has 29 nitrogen and oxygen atoms in total. The zero-order chi connectivity index (χ0) is 56.1. The maximum Gasteiger partial charge on any atom is 0.380 e. The van der Waals surface area contributed by atoms with E-state index < -0.39 is 121 Å². The van der Waals surface area contributed by atoms with E-state index in [4.69, 9.17) is 19.4 Å². The molecule has 438 valence electrons. The van der Waals surface area contributed by atoms with Crippen LogP contribution in [0.15, 0.2) is 0 Å². The Morgan fingerprint density at radius 3 is 0.757 bits per heavy atom. The molecule has 0 radical (unpaired) electrons. The van der Waals surface area contributed by atoms with Crippen molar-refractivity contribution in [3.63, 3.8) is 0 Å². The summed E-state index contributed by atoms with van der Waals surface area (Å²) in [4.78, 5) is 90.0. The van der Waals surface area contributed by atoms with E-state index in [0.717, 1.165) is 0 Å². The number of aliphatic hydroxyl groups is 11. The Morgan fingerprint density at radius 1 is 0.284 bits per heavy atom. The largest absolute Gasteiger partial charge is 0.395 e. The van der Waals surface area contributed by atoms with Crippen LogP contribution in [-0.2, 0) is 38.5 Å². The Kier molecular flexibility index (Phi) is 38.7. The Labute approximate surface area is 437 Å². The van der Waals surface area contributed by atoms with Crippen LogP contribution in [0, 0.1) is 0 Å². The quantitative estimate of drug-likeness (QED) is 0.0199. The van der Waals surface area contributed by atoms with Crippen molar-refractivity contribution in [2.75, 3.05) is 272 Å². The predicted molar refractivity (Wildman–Crippen MR) is 266 cm³/mol. The fourth-order valence-corrected chi connectivity index (χ4v) is 8.11. The summed E-state index contributed by atoms with van der Waals surface area (Å²) in [7, 11) is 8.91. The van der Waals surface area contributed by atoms with Crippen LogP contribution in [0.2, 0.25) is 0 Å². The summed E-state index contributed by atoms with van der Waals surface area (Å²) in [5.74, 6) is -3.62. The van der Waals surface area contributed by atoms with E-state index in [2.05, 4.69) is 0 Å². The molecule has 0 rings (SSSR count). The maximum atomic E-state index is 14.2. The summed E-state index contributed by atoms with van der Waals surface area (Å²) in [6, 6.07) is 0. The molecule has 0 saturated carbocycles. The third-order valence-electron chi connectivity index (χ3n) is 12.3. The van der Waals surface area contributed by atoms with Gasteiger partial charge < -0.3 is 66.0 Å². The summed E-state index contributed by atoms with van der Waals surface area (Å²) in [5, 5.41) is 109. The van der Waals surface area contributed by atoms with Gasteiger partial charge in [0.15, 0.2) is 0 Å². The lowest BCUT2D eigenvalue weighted by molar-refractivity contribution is -1.09. The van der Waals surface area contributed by atoms with Crippen molar-refractivity contribution in [3.05, 3.63) is 0 Å². The minimum atomic E-state index is -0.940. The minimum Gasteiger partial charge on any atom is -0.395 e. The fraction of sp³-hybridized carbons (Fsp3) is 0.911. The molecule has 0 saturated heterocycles. The minimum absolute atomic E-state index is 0.00214. The average Bonchev–Trinajstić information content (AvgIpc) is 3.31. The second kappa shape index (κ2) is 40.3. The van der Waals surface area contributed by atoms with Crippen LogP contribution in [0.1, 0.15) is 0 Å². The highest BCUT2D eigenvalue weighted by atomic mass is 16.8. The molecule has 0 aromatic heterocycles. The lowest BCUT2D eigenvalue weighted by Crippen LogP contribution is -2.58. The molecule has 29 heteroatoms. The third-order valence-corrected chi connectivity index (χ3v) is 12.3. The summed E-state index contributed by atoms with van der Waals surface area (Å²) < 4.78 is -2.08. The number of rotatable bonds is 49. The van der Waals surface area contributed by atoms with Crippen molar-refractivity contribution in [2.24, 2.45) is 0 Å². The molecule has 0 unspecified atom stereocenters. The second-order valence-electron chi connectivity index (χ2n) is 18.9. The first-order valence-corrected chi connectivity index (χ1v) is 25.4. The topological polar surface area (TPSA) is 347 Å². The molecule has 0 amide bonds. The number of quaternary nitrogens is 4. The van der Waals surface area contributed by atoms with Crippen LogP contribution < -0.4 is 0 Å². The molecule has 0 aromatic carbocycles. The summed E-state index contributed by atoms with van der Waals surface area (Å²) in [6.07, 6.45) is 0. The summed E-state index contributed by atoms with van der Waals surface area (Å²) in [5.41, 5.74) is 0. The molecule has 0 spiro atoms.